The summed E-state index contributed by atoms with van der Waals surface area (Å²) in [5.74, 6) is -11.6. The molecule has 2 rings (SSSR count). The zero-order valence-electron chi connectivity index (χ0n) is 64.1. The number of phenolic OH excluding ortho intramolecular Hbond substituents is 1. The van der Waals surface area contributed by atoms with E-state index in [0.29, 0.717) is 18.4 Å². The van der Waals surface area contributed by atoms with E-state index in [0.717, 1.165) is 32.6 Å². The summed E-state index contributed by atoms with van der Waals surface area (Å²) in [6.07, 6.45) is 15.2. The highest BCUT2D eigenvalue weighted by Gasteiger charge is 2.38. The molecule has 0 spiro atoms. The van der Waals surface area contributed by atoms with E-state index < -0.39 is 139 Å². The Morgan fingerprint density at radius 3 is 1.31 bits per heavy atom. The van der Waals surface area contributed by atoms with E-state index >= 15 is 0 Å². The number of hydrogen-bond donors (Lipinski definition) is 24. The second kappa shape index (κ2) is 53.0. The van der Waals surface area contributed by atoms with Gasteiger partial charge in [-0.05, 0) is 94.7 Å². The van der Waals surface area contributed by atoms with Crippen molar-refractivity contribution in [3.63, 3.8) is 0 Å². The van der Waals surface area contributed by atoms with Gasteiger partial charge in [0.25, 0.3) is 0 Å². The van der Waals surface area contributed by atoms with Gasteiger partial charge in [-0.15, -0.1) is 0 Å². The Hall–Kier alpha value is -9.87. The van der Waals surface area contributed by atoms with Gasteiger partial charge in [0, 0.05) is 51.1 Å². The van der Waals surface area contributed by atoms with Gasteiger partial charge in [0.15, 0.2) is 17.9 Å². The fraction of sp³-hybridized carbons (Fsp3) is 0.681. The van der Waals surface area contributed by atoms with Gasteiger partial charge in [-0.2, -0.15) is 0 Å². The third-order valence-electron chi connectivity index (χ3n) is 18.1. The zero-order chi connectivity index (χ0) is 80.7. The second-order valence-corrected chi connectivity index (χ2v) is 28.0. The van der Waals surface area contributed by atoms with Gasteiger partial charge in [-0.1, -0.05) is 130 Å². The van der Waals surface area contributed by atoms with Crippen molar-refractivity contribution in [3.05, 3.63) is 48.0 Å². The highest BCUT2D eigenvalue weighted by atomic mass is 16.3. The highest BCUT2D eigenvalue weighted by molar-refractivity contribution is 5.99. The molecule has 28 N–H and O–H groups in total. The topological polar surface area (TPSA) is 609 Å². The zero-order valence-corrected chi connectivity index (χ0v) is 64.1. The minimum Gasteiger partial charge on any atom is -0.508 e. The number of unbranched alkanes of at least 4 members (excludes halogenated alkanes) is 12. The van der Waals surface area contributed by atoms with E-state index in [-0.39, 0.29) is 131 Å². The standard InChI is InChI=1S/C72H126N22O14/c1-8-10-11-12-13-14-15-16-17-18-19-20-21-28-59(99)86-50(25-22-33-81-70(74)75)61(100)87-51(26-23-34-82-71(76)77)62(101)89-53(36-43(3)4)65(104)91-55(38-48-40-80-42-84-48)66(105)93-57(41-95)68(107)94-60(46(7)96)69(108)88-52(27-24-35-83-72(78)79)63(102)92-56(39-58(73)98)67(106)90-54(37-47-29-31-49(97)32-30-47)64(103)85-45(6)44(5)9-2/h29-32,40,42-46,50-57,60,95-97H,8-28,33-39,41H2,1-7H3,(H2,73,98)(H,80,84)(H,85,103)(H,86,99)(H,87,100)(H,88,108)(H,89,101)(H,90,106)(H,91,104)(H,92,102)(H,93,105)(H,94,107)(H4,74,75,81)(H4,76,77,82)(H4,78,79,83)/t44-,45+,46+,50-,51-,52-,53-,54-,55-,56-,57-,60-/m0/s1. The molecule has 0 fully saturated rings. The summed E-state index contributed by atoms with van der Waals surface area (Å²) in [4.78, 5) is 162. The van der Waals surface area contributed by atoms with Gasteiger partial charge in [-0.3, -0.25) is 69.0 Å². The van der Waals surface area contributed by atoms with Crippen molar-refractivity contribution < 1.29 is 68.1 Å². The van der Waals surface area contributed by atoms with E-state index in [1.165, 1.54) is 88.2 Å². The van der Waals surface area contributed by atoms with Crippen LogP contribution in [-0.4, -0.2) is 201 Å². The number of imidazole rings is 1. The van der Waals surface area contributed by atoms with Gasteiger partial charge in [0.05, 0.1) is 31.2 Å². The van der Waals surface area contributed by atoms with Gasteiger partial charge < -0.3 is 112 Å². The molecule has 0 aliphatic rings. The molecule has 1 heterocycles. The molecule has 1 aromatic heterocycles. The number of aromatic hydroxyl groups is 1. The molecule has 0 saturated heterocycles. The molecule has 11 amide bonds. The van der Waals surface area contributed by atoms with Crippen LogP contribution in [0.25, 0.3) is 0 Å². The van der Waals surface area contributed by atoms with Crippen LogP contribution in [0.1, 0.15) is 207 Å². The van der Waals surface area contributed by atoms with Crippen molar-refractivity contribution in [2.24, 2.45) is 34.8 Å². The molecular formula is C72H126N22O14. The number of aliphatic hydroxyl groups excluding tert-OH is 2. The van der Waals surface area contributed by atoms with Gasteiger partial charge in [0.1, 0.15) is 60.1 Å². The Balaban J connectivity index is 2.43. The number of benzene rings is 1. The van der Waals surface area contributed by atoms with Crippen LogP contribution in [0.3, 0.4) is 0 Å². The molecule has 36 heteroatoms. The average Bonchev–Trinajstić information content (AvgIpc) is 1.01. The summed E-state index contributed by atoms with van der Waals surface area (Å²) in [5.41, 5.74) is 22.8. The summed E-state index contributed by atoms with van der Waals surface area (Å²) in [6, 6.07) is -8.60. The number of nitrogens with one attached hydrogen (secondary N) is 17. The van der Waals surface area contributed by atoms with Crippen LogP contribution >= 0.6 is 0 Å². The van der Waals surface area contributed by atoms with E-state index in [9.17, 15) is 68.1 Å². The largest absolute Gasteiger partial charge is 0.508 e. The molecular weight excluding hydrogens is 1400 g/mol. The Morgan fingerprint density at radius 2 is 0.870 bits per heavy atom. The maximum atomic E-state index is 14.6. The van der Waals surface area contributed by atoms with Crippen LogP contribution in [-0.2, 0) is 65.6 Å². The quantitative estimate of drug-likeness (QED) is 0.0223. The molecule has 608 valence electrons. The lowest BCUT2D eigenvalue weighted by molar-refractivity contribution is -0.138. The second-order valence-electron chi connectivity index (χ2n) is 28.0. The molecule has 0 aliphatic heterocycles. The number of carbonyl (C=O) groups excluding carboxylic acids is 11. The molecule has 12 atom stereocenters. The maximum Gasteiger partial charge on any atom is 0.245 e. The lowest BCUT2D eigenvalue weighted by atomic mass is 9.99. The number of nitrogens with zero attached hydrogens (tertiary/aromatic N) is 1. The van der Waals surface area contributed by atoms with Gasteiger partial charge in [0.2, 0.25) is 65.0 Å². The summed E-state index contributed by atoms with van der Waals surface area (Å²) in [7, 11) is 0. The van der Waals surface area contributed by atoms with Gasteiger partial charge >= 0.3 is 0 Å². The number of H-pyrrole nitrogens is 1. The number of primary amides is 1. The number of guanidine groups is 3. The number of rotatable bonds is 57. The fourth-order valence-electron chi connectivity index (χ4n) is 11.5. The molecule has 2 aromatic rings. The number of aromatic amines is 1. The Labute approximate surface area is 634 Å². The summed E-state index contributed by atoms with van der Waals surface area (Å²) < 4.78 is 0. The molecule has 1 aromatic carbocycles. The van der Waals surface area contributed by atoms with Crippen LogP contribution in [0.15, 0.2) is 36.8 Å². The lowest BCUT2D eigenvalue weighted by Crippen LogP contribution is -2.63. The minimum absolute atomic E-state index is 0.00441. The van der Waals surface area contributed by atoms with Crippen molar-refractivity contribution in [3.8, 4) is 5.75 Å². The normalized spacial score (nSPS) is 14.5. The predicted octanol–water partition coefficient (Wildman–Crippen LogP) is -0.620. The molecule has 0 bridgehead atoms. The molecule has 0 radical (unpaired) electrons. The number of aliphatic hydroxyl groups is 2. The number of phenols is 1. The van der Waals surface area contributed by atoms with Crippen LogP contribution in [0, 0.1) is 28.1 Å². The fourth-order valence-corrected chi connectivity index (χ4v) is 11.5. The molecule has 0 saturated carbocycles. The van der Waals surface area contributed by atoms with Crippen molar-refractivity contribution in [2.45, 2.75) is 276 Å². The van der Waals surface area contributed by atoms with Crippen molar-refractivity contribution in [1.29, 1.82) is 16.2 Å². The van der Waals surface area contributed by atoms with E-state index in [1.54, 1.807) is 20.8 Å². The van der Waals surface area contributed by atoms with Crippen LogP contribution in [0.4, 0.5) is 0 Å². The molecule has 36 nitrogen and oxygen atoms in total. The van der Waals surface area contributed by atoms with E-state index in [2.05, 4.69) is 86.0 Å². The third kappa shape index (κ3) is 40.2. The lowest BCUT2D eigenvalue weighted by Gasteiger charge is -2.29. The van der Waals surface area contributed by atoms with Crippen molar-refractivity contribution >= 4 is 82.9 Å². The van der Waals surface area contributed by atoms with Crippen molar-refractivity contribution in [2.75, 3.05) is 26.2 Å². The Kier molecular flexibility index (Phi) is 46.2. The predicted molar refractivity (Wildman–Crippen MR) is 408 cm³/mol. The number of nitrogens with two attached hydrogens (primary N) is 4. The van der Waals surface area contributed by atoms with E-state index in [1.807, 2.05) is 13.8 Å². The molecule has 108 heavy (non-hydrogen) atoms. The number of amides is 11. The third-order valence-corrected chi connectivity index (χ3v) is 18.1. The highest BCUT2D eigenvalue weighted by Crippen LogP contribution is 2.17. The first-order chi connectivity index (χ1) is 51.3. The SMILES string of the molecule is CCCCCCCCCCCCCCCC(=O)N[C@@H](CCCNC(=N)N)C(=O)N[C@@H](CCCNC(=N)N)C(=O)N[C@@H](CC(C)C)C(=O)N[C@@H](Cc1c[nH]cn1)C(=O)N[C@@H](CO)C(=O)N[C@H](C(=O)N[C@@H](CCCNC(=N)N)C(=O)N[C@@H](CC(N)=O)C(=O)N[C@@H](Cc1ccc(O)cc1)C(=O)N[C@H](C)[C@@H](C)CC)[C@@H](C)O. The number of aromatic nitrogens is 2. The number of hydrogen-bond acceptors (Lipinski definition) is 18. The van der Waals surface area contributed by atoms with Crippen LogP contribution < -0.4 is 92.1 Å². The van der Waals surface area contributed by atoms with Crippen molar-refractivity contribution in [1.82, 2.24) is 79.1 Å². The van der Waals surface area contributed by atoms with E-state index in [4.69, 9.17) is 39.2 Å². The summed E-state index contributed by atoms with van der Waals surface area (Å²) >= 11 is 0. The molecule has 0 unspecified atom stereocenters. The molecule has 0 aliphatic carbocycles. The minimum atomic E-state index is -1.95. The van der Waals surface area contributed by atoms with Gasteiger partial charge in [-0.25, -0.2) is 4.98 Å². The summed E-state index contributed by atoms with van der Waals surface area (Å²) in [6.45, 7) is 11.6. The van der Waals surface area contributed by atoms with Crippen LogP contribution in [0.2, 0.25) is 0 Å². The maximum absolute atomic E-state index is 14.6. The number of carbonyl (C=O) groups is 11. The monoisotopic (exact) mass is 1520 g/mol. The summed E-state index contributed by atoms with van der Waals surface area (Å²) in [5, 5.41) is 88.2. The first kappa shape index (κ1) is 94.2. The first-order valence-electron chi connectivity index (χ1n) is 37.9. The Morgan fingerprint density at radius 1 is 0.472 bits per heavy atom. The van der Waals surface area contributed by atoms with Crippen LogP contribution in [0.5, 0.6) is 5.75 Å². The Bertz CT molecular complexity index is 3120. The first-order valence-corrected chi connectivity index (χ1v) is 37.9. The average molecular weight is 1520 g/mol. The smallest absolute Gasteiger partial charge is 0.245 e.